The summed E-state index contributed by atoms with van der Waals surface area (Å²) in [5.41, 5.74) is 1.64. The van der Waals surface area contributed by atoms with Crippen molar-refractivity contribution in [1.29, 1.82) is 0 Å². The van der Waals surface area contributed by atoms with Gasteiger partial charge in [0.05, 0.1) is 11.4 Å². The summed E-state index contributed by atoms with van der Waals surface area (Å²) in [4.78, 5) is 39.1. The molecule has 6 heteroatoms. The molecule has 0 spiro atoms. The Bertz CT molecular complexity index is 807. The van der Waals surface area contributed by atoms with E-state index < -0.39 is 11.1 Å². The third-order valence-electron chi connectivity index (χ3n) is 3.68. The van der Waals surface area contributed by atoms with Crippen molar-refractivity contribution in [1.82, 2.24) is 4.90 Å². The second-order valence-corrected chi connectivity index (χ2v) is 7.23. The SMILES string of the molecule is CCc1ccc(C(=O)CN2C(=O)S/C(=C\c3cccs3)C2=O)cc1. The number of Topliss-reactive ketones (excluding diaryl/α,β-unsaturated/α-hetero) is 1. The highest BCUT2D eigenvalue weighted by Crippen LogP contribution is 2.33. The number of amides is 2. The van der Waals surface area contributed by atoms with Gasteiger partial charge in [-0.1, -0.05) is 37.3 Å². The van der Waals surface area contributed by atoms with E-state index in [9.17, 15) is 14.4 Å². The van der Waals surface area contributed by atoms with Crippen LogP contribution in [0.25, 0.3) is 6.08 Å². The summed E-state index contributed by atoms with van der Waals surface area (Å²) in [7, 11) is 0. The van der Waals surface area contributed by atoms with Crippen LogP contribution in [0.1, 0.15) is 27.7 Å². The lowest BCUT2D eigenvalue weighted by Gasteiger charge is -2.11. The number of imide groups is 1. The Morgan fingerprint density at radius 3 is 2.54 bits per heavy atom. The van der Waals surface area contributed by atoms with E-state index in [0.29, 0.717) is 10.5 Å². The predicted molar refractivity (Wildman–Crippen MR) is 97.1 cm³/mol. The first-order chi connectivity index (χ1) is 11.6. The average molecular weight is 357 g/mol. The molecule has 1 fully saturated rings. The first kappa shape index (κ1) is 16.7. The van der Waals surface area contributed by atoms with Crippen molar-refractivity contribution in [2.45, 2.75) is 13.3 Å². The lowest BCUT2D eigenvalue weighted by atomic mass is 10.1. The van der Waals surface area contributed by atoms with E-state index in [1.165, 1.54) is 11.3 Å². The van der Waals surface area contributed by atoms with Crippen LogP contribution < -0.4 is 0 Å². The predicted octanol–water partition coefficient (Wildman–Crippen LogP) is 4.23. The van der Waals surface area contributed by atoms with E-state index in [4.69, 9.17) is 0 Å². The third kappa shape index (κ3) is 3.49. The van der Waals surface area contributed by atoms with E-state index in [2.05, 4.69) is 0 Å². The standard InChI is InChI=1S/C18H15NO3S2/c1-2-12-5-7-13(8-6-12)15(20)11-19-17(21)16(24-18(19)22)10-14-4-3-9-23-14/h3-10H,2,11H2,1H3/b16-10-. The molecule has 0 N–H and O–H groups in total. The monoisotopic (exact) mass is 357 g/mol. The largest absolute Gasteiger partial charge is 0.293 e. The van der Waals surface area contributed by atoms with Crippen LogP contribution >= 0.6 is 23.1 Å². The molecule has 122 valence electrons. The van der Waals surface area contributed by atoms with E-state index in [1.807, 2.05) is 36.6 Å². The number of aryl methyl sites for hydroxylation is 1. The highest BCUT2D eigenvalue weighted by Gasteiger charge is 2.36. The maximum absolute atomic E-state index is 12.4. The van der Waals surface area contributed by atoms with Gasteiger partial charge in [0.1, 0.15) is 0 Å². The molecule has 1 aromatic carbocycles. The number of ketones is 1. The normalized spacial score (nSPS) is 16.2. The summed E-state index contributed by atoms with van der Waals surface area (Å²) in [6, 6.07) is 11.0. The van der Waals surface area contributed by atoms with E-state index in [-0.39, 0.29) is 12.3 Å². The molecule has 1 saturated heterocycles. The smallest absolute Gasteiger partial charge is 0.292 e. The van der Waals surface area contributed by atoms with Gasteiger partial charge in [-0.05, 0) is 41.3 Å². The number of thiophene rings is 1. The molecule has 1 aliphatic heterocycles. The minimum Gasteiger partial charge on any atom is -0.292 e. The minimum absolute atomic E-state index is 0.224. The number of carbonyl (C=O) groups is 3. The number of nitrogens with zero attached hydrogens (tertiary/aromatic N) is 1. The minimum atomic E-state index is -0.406. The Morgan fingerprint density at radius 1 is 1.17 bits per heavy atom. The highest BCUT2D eigenvalue weighted by atomic mass is 32.2. The average Bonchev–Trinajstić information content (AvgIpc) is 3.19. The highest BCUT2D eigenvalue weighted by molar-refractivity contribution is 8.18. The van der Waals surface area contributed by atoms with Crippen molar-refractivity contribution in [2.24, 2.45) is 0 Å². The van der Waals surface area contributed by atoms with E-state index >= 15 is 0 Å². The van der Waals surface area contributed by atoms with Crippen LogP contribution in [-0.2, 0) is 11.2 Å². The molecule has 0 unspecified atom stereocenters. The van der Waals surface area contributed by atoms with Crippen molar-refractivity contribution in [3.8, 4) is 0 Å². The van der Waals surface area contributed by atoms with Crippen molar-refractivity contribution in [3.05, 3.63) is 62.7 Å². The fraction of sp³-hybridized carbons (Fsp3) is 0.167. The van der Waals surface area contributed by atoms with Gasteiger partial charge >= 0.3 is 0 Å². The topological polar surface area (TPSA) is 54.5 Å². The zero-order valence-corrected chi connectivity index (χ0v) is 14.7. The zero-order valence-electron chi connectivity index (χ0n) is 13.0. The second kappa shape index (κ2) is 7.15. The summed E-state index contributed by atoms with van der Waals surface area (Å²) in [5.74, 6) is -0.644. The molecule has 0 bridgehead atoms. The van der Waals surface area contributed by atoms with Crippen LogP contribution in [0.15, 0.2) is 46.7 Å². The van der Waals surface area contributed by atoms with Gasteiger partial charge < -0.3 is 0 Å². The Kier molecular flexibility index (Phi) is 4.97. The van der Waals surface area contributed by atoms with Gasteiger partial charge in [0, 0.05) is 10.4 Å². The molecule has 2 heterocycles. The molecular formula is C18H15NO3S2. The summed E-state index contributed by atoms with van der Waals surface area (Å²) in [5, 5.41) is 1.50. The zero-order chi connectivity index (χ0) is 17.1. The lowest BCUT2D eigenvalue weighted by Crippen LogP contribution is -2.33. The van der Waals surface area contributed by atoms with Crippen LogP contribution in [-0.4, -0.2) is 28.4 Å². The molecule has 1 aromatic heterocycles. The number of benzene rings is 1. The lowest BCUT2D eigenvalue weighted by molar-refractivity contribution is -0.122. The molecule has 1 aliphatic rings. The Balaban J connectivity index is 1.73. The molecule has 2 amide bonds. The molecule has 24 heavy (non-hydrogen) atoms. The number of rotatable bonds is 5. The summed E-state index contributed by atoms with van der Waals surface area (Å²) in [6.07, 6.45) is 2.58. The van der Waals surface area contributed by atoms with E-state index in [1.54, 1.807) is 18.2 Å². The molecule has 0 saturated carbocycles. The van der Waals surface area contributed by atoms with Gasteiger partial charge in [0.15, 0.2) is 5.78 Å². The molecule has 4 nitrogen and oxygen atoms in total. The van der Waals surface area contributed by atoms with Gasteiger partial charge in [-0.2, -0.15) is 0 Å². The van der Waals surface area contributed by atoms with Crippen molar-refractivity contribution < 1.29 is 14.4 Å². The first-order valence-corrected chi connectivity index (χ1v) is 9.19. The van der Waals surface area contributed by atoms with Crippen molar-refractivity contribution in [3.63, 3.8) is 0 Å². The van der Waals surface area contributed by atoms with E-state index in [0.717, 1.165) is 33.5 Å². The van der Waals surface area contributed by atoms with Gasteiger partial charge in [-0.25, -0.2) is 0 Å². The van der Waals surface area contributed by atoms with Crippen LogP contribution in [0.5, 0.6) is 0 Å². The fourth-order valence-corrected chi connectivity index (χ4v) is 3.86. The number of carbonyl (C=O) groups excluding carboxylic acids is 3. The van der Waals surface area contributed by atoms with Crippen molar-refractivity contribution >= 4 is 46.1 Å². The Hall–Kier alpha value is -2.18. The molecule has 3 rings (SSSR count). The van der Waals surface area contributed by atoms with Crippen molar-refractivity contribution in [2.75, 3.05) is 6.54 Å². The van der Waals surface area contributed by atoms with Gasteiger partial charge in [-0.15, -0.1) is 11.3 Å². The van der Waals surface area contributed by atoms with Crippen LogP contribution in [0.2, 0.25) is 0 Å². The Morgan fingerprint density at radius 2 is 1.92 bits per heavy atom. The van der Waals surface area contributed by atoms with Crippen LogP contribution in [0, 0.1) is 0 Å². The van der Waals surface area contributed by atoms with Gasteiger partial charge in [0.25, 0.3) is 11.1 Å². The third-order valence-corrected chi connectivity index (χ3v) is 5.40. The summed E-state index contributed by atoms with van der Waals surface area (Å²) in [6.45, 7) is 1.81. The van der Waals surface area contributed by atoms with Crippen LogP contribution in [0.4, 0.5) is 4.79 Å². The molecular weight excluding hydrogens is 342 g/mol. The molecule has 0 radical (unpaired) electrons. The maximum Gasteiger partial charge on any atom is 0.293 e. The Labute approximate surface area is 148 Å². The summed E-state index contributed by atoms with van der Waals surface area (Å²) >= 11 is 2.37. The quantitative estimate of drug-likeness (QED) is 0.593. The summed E-state index contributed by atoms with van der Waals surface area (Å²) < 4.78 is 0. The molecule has 0 atom stereocenters. The number of thioether (sulfide) groups is 1. The van der Waals surface area contributed by atoms with Gasteiger partial charge in [-0.3, -0.25) is 19.3 Å². The second-order valence-electron chi connectivity index (χ2n) is 5.26. The van der Waals surface area contributed by atoms with Gasteiger partial charge in [0.2, 0.25) is 0 Å². The first-order valence-electron chi connectivity index (χ1n) is 7.49. The molecule has 2 aromatic rings. The molecule has 0 aliphatic carbocycles. The number of hydrogen-bond acceptors (Lipinski definition) is 5. The maximum atomic E-state index is 12.4. The van der Waals surface area contributed by atoms with Crippen LogP contribution in [0.3, 0.4) is 0 Å². The fourth-order valence-electron chi connectivity index (χ4n) is 2.30. The number of hydrogen-bond donors (Lipinski definition) is 0.